The Morgan fingerprint density at radius 1 is 1.34 bits per heavy atom. The SMILES string of the molecule is CC.CC(=O)c1cc(F)c(NCCN)cc1C.CC1CCC(=O)NC1=O.CC=O. The molecule has 8 heteroatoms. The van der Waals surface area contributed by atoms with Gasteiger partial charge in [0, 0.05) is 31.0 Å². The molecule has 1 fully saturated rings. The van der Waals surface area contributed by atoms with Crippen molar-refractivity contribution in [1.29, 1.82) is 0 Å². The second-order valence-electron chi connectivity index (χ2n) is 6.01. The number of amides is 2. The summed E-state index contributed by atoms with van der Waals surface area (Å²) >= 11 is 0. The monoisotopic (exact) mass is 411 g/mol. The van der Waals surface area contributed by atoms with Gasteiger partial charge in [-0.15, -0.1) is 0 Å². The van der Waals surface area contributed by atoms with Crippen molar-refractivity contribution < 1.29 is 23.6 Å². The van der Waals surface area contributed by atoms with E-state index in [9.17, 15) is 18.8 Å². The summed E-state index contributed by atoms with van der Waals surface area (Å²) in [5, 5.41) is 5.11. The largest absolute Gasteiger partial charge is 0.381 e. The van der Waals surface area contributed by atoms with Crippen molar-refractivity contribution in [3.63, 3.8) is 0 Å². The molecule has 0 aromatic heterocycles. The number of rotatable bonds is 4. The van der Waals surface area contributed by atoms with Gasteiger partial charge in [-0.05, 0) is 44.9 Å². The third kappa shape index (κ3) is 11.7. The summed E-state index contributed by atoms with van der Waals surface area (Å²) in [6, 6.07) is 2.89. The number of hydrogen-bond acceptors (Lipinski definition) is 6. The first-order valence-corrected chi connectivity index (χ1v) is 9.66. The van der Waals surface area contributed by atoms with Gasteiger partial charge < -0.3 is 15.8 Å². The van der Waals surface area contributed by atoms with Crippen molar-refractivity contribution in [2.75, 3.05) is 18.4 Å². The fourth-order valence-corrected chi connectivity index (χ4v) is 2.20. The van der Waals surface area contributed by atoms with Crippen LogP contribution in [0.25, 0.3) is 0 Å². The van der Waals surface area contributed by atoms with Crippen molar-refractivity contribution in [1.82, 2.24) is 5.32 Å². The lowest BCUT2D eigenvalue weighted by atomic mass is 10.0. The van der Waals surface area contributed by atoms with E-state index in [1.807, 2.05) is 20.8 Å². The molecule has 4 N–H and O–H groups in total. The van der Waals surface area contributed by atoms with E-state index in [2.05, 4.69) is 10.6 Å². The Balaban J connectivity index is 0. The highest BCUT2D eigenvalue weighted by Gasteiger charge is 2.21. The predicted molar refractivity (Wildman–Crippen MR) is 113 cm³/mol. The molecular formula is C21H34FN3O4. The van der Waals surface area contributed by atoms with Crippen LogP contribution >= 0.6 is 0 Å². The van der Waals surface area contributed by atoms with Crippen LogP contribution in [0.15, 0.2) is 12.1 Å². The van der Waals surface area contributed by atoms with E-state index in [-0.39, 0.29) is 23.5 Å². The number of benzene rings is 1. The van der Waals surface area contributed by atoms with Gasteiger partial charge in [-0.2, -0.15) is 0 Å². The van der Waals surface area contributed by atoms with Crippen LogP contribution in [0.3, 0.4) is 0 Å². The number of imide groups is 1. The smallest absolute Gasteiger partial charge is 0.229 e. The molecule has 0 aliphatic carbocycles. The van der Waals surface area contributed by atoms with Crippen molar-refractivity contribution in [2.45, 2.75) is 54.4 Å². The molecule has 0 bridgehead atoms. The lowest BCUT2D eigenvalue weighted by molar-refractivity contribution is -0.135. The summed E-state index contributed by atoms with van der Waals surface area (Å²) in [5.74, 6) is -0.803. The summed E-state index contributed by atoms with van der Waals surface area (Å²) in [4.78, 5) is 41.1. The van der Waals surface area contributed by atoms with Gasteiger partial charge in [0.05, 0.1) is 5.69 Å². The highest BCUT2D eigenvalue weighted by molar-refractivity contribution is 5.98. The van der Waals surface area contributed by atoms with Gasteiger partial charge in [0.25, 0.3) is 0 Å². The number of anilines is 1. The zero-order chi connectivity index (χ0) is 23.0. The molecule has 0 saturated carbocycles. The van der Waals surface area contributed by atoms with E-state index >= 15 is 0 Å². The third-order valence-electron chi connectivity index (χ3n) is 3.67. The van der Waals surface area contributed by atoms with Crippen LogP contribution in [0, 0.1) is 18.7 Å². The molecule has 1 aromatic carbocycles. The molecule has 2 rings (SSSR count). The standard InChI is InChI=1S/C11H15FN2O.C6H9NO2.C2H4O.C2H6/c1-7-5-11(14-4-3-13)10(12)6-9(7)8(2)15;1-4-2-3-5(8)7-6(4)9;1-2-3;1-2/h5-6,14H,3-4,13H2,1-2H3;4H,2-3H2,1H3,(H,7,8,9);2H,1H3;1-2H3. The molecule has 164 valence electrons. The summed E-state index contributed by atoms with van der Waals surface area (Å²) < 4.78 is 13.5. The molecule has 1 aliphatic rings. The summed E-state index contributed by atoms with van der Waals surface area (Å²) in [7, 11) is 0. The molecular weight excluding hydrogens is 377 g/mol. The molecule has 0 radical (unpaired) electrons. The molecule has 29 heavy (non-hydrogen) atoms. The number of aryl methyl sites for hydroxylation is 1. The van der Waals surface area contributed by atoms with Gasteiger partial charge in [0.15, 0.2) is 5.78 Å². The molecule has 1 unspecified atom stereocenters. The van der Waals surface area contributed by atoms with Gasteiger partial charge in [-0.3, -0.25) is 19.7 Å². The minimum Gasteiger partial charge on any atom is -0.381 e. The minimum absolute atomic E-state index is 0.0164. The normalized spacial score (nSPS) is 14.6. The molecule has 1 atom stereocenters. The van der Waals surface area contributed by atoms with E-state index in [1.165, 1.54) is 19.9 Å². The number of hydrogen-bond donors (Lipinski definition) is 3. The van der Waals surface area contributed by atoms with Crippen molar-refractivity contribution >= 4 is 29.6 Å². The first-order chi connectivity index (χ1) is 13.7. The summed E-state index contributed by atoms with van der Waals surface area (Å²) in [6.45, 7) is 11.4. The van der Waals surface area contributed by atoms with Gasteiger partial charge >= 0.3 is 0 Å². The Bertz CT molecular complexity index is 678. The van der Waals surface area contributed by atoms with Gasteiger partial charge in [-0.1, -0.05) is 20.8 Å². The average Bonchev–Trinajstić information content (AvgIpc) is 2.68. The number of Topliss-reactive ketones (excluding diaryl/α,β-unsaturated/α-hetero) is 1. The Morgan fingerprint density at radius 3 is 2.31 bits per heavy atom. The Morgan fingerprint density at radius 2 is 1.90 bits per heavy atom. The number of nitrogens with two attached hydrogens (primary N) is 1. The lowest BCUT2D eigenvalue weighted by Crippen LogP contribution is -2.39. The van der Waals surface area contributed by atoms with Gasteiger partial charge in [0.1, 0.15) is 12.1 Å². The first-order valence-electron chi connectivity index (χ1n) is 9.66. The maximum Gasteiger partial charge on any atom is 0.229 e. The van der Waals surface area contributed by atoms with E-state index in [1.54, 1.807) is 13.0 Å². The van der Waals surface area contributed by atoms with E-state index < -0.39 is 5.82 Å². The molecule has 0 spiro atoms. The minimum atomic E-state index is -0.417. The number of piperidine rings is 1. The van der Waals surface area contributed by atoms with Crippen LogP contribution in [0.1, 0.15) is 63.4 Å². The topological polar surface area (TPSA) is 118 Å². The van der Waals surface area contributed by atoms with Crippen molar-refractivity contribution in [3.8, 4) is 0 Å². The lowest BCUT2D eigenvalue weighted by Gasteiger charge is -2.15. The highest BCUT2D eigenvalue weighted by atomic mass is 19.1. The van der Waals surface area contributed by atoms with E-state index in [0.29, 0.717) is 37.2 Å². The van der Waals surface area contributed by atoms with E-state index in [4.69, 9.17) is 10.5 Å². The van der Waals surface area contributed by atoms with Crippen molar-refractivity contribution in [2.24, 2.45) is 11.7 Å². The molecule has 1 aliphatic heterocycles. The third-order valence-corrected chi connectivity index (χ3v) is 3.67. The fraction of sp³-hybridized carbons (Fsp3) is 0.524. The number of ketones is 1. The van der Waals surface area contributed by atoms with Crippen LogP contribution in [0.2, 0.25) is 0 Å². The average molecular weight is 412 g/mol. The second-order valence-corrected chi connectivity index (χ2v) is 6.01. The predicted octanol–water partition coefficient (Wildman–Crippen LogP) is 3.00. The molecule has 1 saturated heterocycles. The number of nitrogens with one attached hydrogen (secondary N) is 2. The quantitative estimate of drug-likeness (QED) is 0.398. The first kappa shape index (κ1) is 28.6. The Labute approximate surface area is 172 Å². The van der Waals surface area contributed by atoms with Crippen LogP contribution < -0.4 is 16.4 Å². The summed E-state index contributed by atoms with van der Waals surface area (Å²) in [5.41, 5.74) is 6.88. The Hall–Kier alpha value is -2.61. The Kier molecular flexibility index (Phi) is 16.1. The zero-order valence-corrected chi connectivity index (χ0v) is 18.2. The molecule has 2 amide bonds. The van der Waals surface area contributed by atoms with Crippen LogP contribution in [-0.4, -0.2) is 37.0 Å². The van der Waals surface area contributed by atoms with Crippen LogP contribution in [0.4, 0.5) is 10.1 Å². The summed E-state index contributed by atoms with van der Waals surface area (Å²) in [6.07, 6.45) is 1.94. The number of aldehydes is 1. The number of halogens is 1. The number of carbonyl (C=O) groups excluding carboxylic acids is 4. The van der Waals surface area contributed by atoms with Crippen LogP contribution in [0.5, 0.6) is 0 Å². The molecule has 1 aromatic rings. The van der Waals surface area contributed by atoms with Gasteiger partial charge in [0.2, 0.25) is 11.8 Å². The second kappa shape index (κ2) is 16.4. The zero-order valence-electron chi connectivity index (χ0n) is 18.2. The molecule has 1 heterocycles. The maximum absolute atomic E-state index is 13.5. The van der Waals surface area contributed by atoms with E-state index in [0.717, 1.165) is 11.8 Å². The number of carbonyl (C=O) groups is 4. The van der Waals surface area contributed by atoms with Crippen LogP contribution in [-0.2, 0) is 14.4 Å². The van der Waals surface area contributed by atoms with Gasteiger partial charge in [-0.25, -0.2) is 4.39 Å². The maximum atomic E-state index is 13.5. The van der Waals surface area contributed by atoms with Crippen molar-refractivity contribution in [3.05, 3.63) is 29.1 Å². The molecule has 7 nitrogen and oxygen atoms in total. The fourth-order valence-electron chi connectivity index (χ4n) is 2.20. The highest BCUT2D eigenvalue weighted by Crippen LogP contribution is 2.20.